The summed E-state index contributed by atoms with van der Waals surface area (Å²) in [6, 6.07) is 0.234. The molecule has 0 N–H and O–H groups in total. The number of carbonyl (C=O) groups is 1. The summed E-state index contributed by atoms with van der Waals surface area (Å²) in [6.07, 6.45) is 0. The van der Waals surface area contributed by atoms with Gasteiger partial charge in [-0.05, 0) is 34.9 Å². The van der Waals surface area contributed by atoms with E-state index in [1.165, 1.54) is 0 Å². The van der Waals surface area contributed by atoms with Crippen molar-refractivity contribution in [2.24, 2.45) is 0 Å². The van der Waals surface area contributed by atoms with E-state index in [4.69, 9.17) is 4.74 Å². The van der Waals surface area contributed by atoms with Gasteiger partial charge in [0.15, 0.2) is 0 Å². The minimum atomic E-state index is 0.0775. The molecule has 0 radical (unpaired) electrons. The maximum Gasteiger partial charge on any atom is 0.248 e. The van der Waals surface area contributed by atoms with Crippen LogP contribution in [0.1, 0.15) is 20.8 Å². The van der Waals surface area contributed by atoms with Gasteiger partial charge < -0.3 is 14.5 Å². The Hall–Kier alpha value is -0.610. The Morgan fingerprint density at radius 1 is 1.33 bits per heavy atom. The summed E-state index contributed by atoms with van der Waals surface area (Å²) < 4.78 is 5.13. The molecule has 15 heavy (non-hydrogen) atoms. The summed E-state index contributed by atoms with van der Waals surface area (Å²) >= 11 is 0. The van der Waals surface area contributed by atoms with Crippen LogP contribution in [0.25, 0.3) is 0 Å². The lowest BCUT2D eigenvalue weighted by molar-refractivity contribution is -0.138. The molecule has 1 atom stereocenters. The monoisotopic (exact) mass is 216 g/mol. The van der Waals surface area contributed by atoms with Gasteiger partial charge in [-0.1, -0.05) is 0 Å². The fourth-order valence-electron chi connectivity index (χ4n) is 1.63. The van der Waals surface area contributed by atoms with Crippen molar-refractivity contribution in [3.05, 3.63) is 0 Å². The molecule has 1 unspecified atom stereocenters. The van der Waals surface area contributed by atoms with E-state index in [2.05, 4.69) is 11.8 Å². The van der Waals surface area contributed by atoms with E-state index in [1.807, 2.05) is 32.8 Å². The third-order valence-corrected chi connectivity index (χ3v) is 2.25. The van der Waals surface area contributed by atoms with E-state index >= 15 is 0 Å². The van der Waals surface area contributed by atoms with Crippen molar-refractivity contribution in [2.45, 2.75) is 26.8 Å². The number of nitrogens with zero attached hydrogens (tertiary/aromatic N) is 2. The molecule has 0 aliphatic carbocycles. The maximum absolute atomic E-state index is 11.7. The molecule has 0 heterocycles. The highest BCUT2D eigenvalue weighted by Crippen LogP contribution is 2.01. The standard InChI is InChI=1S/C11H24N2O2/c1-6-13(10(3)8-12(4)5)11(14)9-15-7-2/h10H,6-9H2,1-5H3. The molecule has 0 aromatic carbocycles. The highest BCUT2D eigenvalue weighted by molar-refractivity contribution is 5.77. The van der Waals surface area contributed by atoms with Crippen LogP contribution >= 0.6 is 0 Å². The quantitative estimate of drug-likeness (QED) is 0.631. The Balaban J connectivity index is 4.14. The van der Waals surface area contributed by atoms with Gasteiger partial charge in [-0.25, -0.2) is 0 Å². The summed E-state index contributed by atoms with van der Waals surface area (Å²) in [6.45, 7) is 8.36. The van der Waals surface area contributed by atoms with Crippen LogP contribution in [0, 0.1) is 0 Å². The van der Waals surface area contributed by atoms with Crippen molar-refractivity contribution in [3.8, 4) is 0 Å². The van der Waals surface area contributed by atoms with Gasteiger partial charge in [0.1, 0.15) is 6.61 Å². The van der Waals surface area contributed by atoms with E-state index < -0.39 is 0 Å². The molecule has 0 aliphatic heterocycles. The van der Waals surface area contributed by atoms with Crippen LogP contribution < -0.4 is 0 Å². The van der Waals surface area contributed by atoms with Crippen LogP contribution in [0.5, 0.6) is 0 Å². The van der Waals surface area contributed by atoms with Gasteiger partial charge in [-0.3, -0.25) is 4.79 Å². The molecule has 0 saturated carbocycles. The van der Waals surface area contributed by atoms with Crippen LogP contribution in [-0.2, 0) is 9.53 Å². The largest absolute Gasteiger partial charge is 0.372 e. The van der Waals surface area contributed by atoms with Crippen LogP contribution in [0.15, 0.2) is 0 Å². The summed E-state index contributed by atoms with van der Waals surface area (Å²) in [5, 5.41) is 0. The predicted molar refractivity (Wildman–Crippen MR) is 61.9 cm³/mol. The van der Waals surface area contributed by atoms with Crippen molar-refractivity contribution in [2.75, 3.05) is 40.4 Å². The lowest BCUT2D eigenvalue weighted by Crippen LogP contribution is -2.45. The zero-order valence-corrected chi connectivity index (χ0v) is 10.6. The normalized spacial score (nSPS) is 12.9. The Labute approximate surface area is 93.2 Å². The third-order valence-electron chi connectivity index (χ3n) is 2.25. The third kappa shape index (κ3) is 5.74. The minimum absolute atomic E-state index is 0.0775. The van der Waals surface area contributed by atoms with Gasteiger partial charge in [-0.15, -0.1) is 0 Å². The van der Waals surface area contributed by atoms with Crippen molar-refractivity contribution < 1.29 is 9.53 Å². The number of ether oxygens (including phenoxy) is 1. The van der Waals surface area contributed by atoms with E-state index in [9.17, 15) is 4.79 Å². The summed E-state index contributed by atoms with van der Waals surface area (Å²) in [7, 11) is 4.02. The van der Waals surface area contributed by atoms with Gasteiger partial charge in [0.25, 0.3) is 0 Å². The molecule has 0 aromatic heterocycles. The van der Waals surface area contributed by atoms with Crippen molar-refractivity contribution >= 4 is 5.91 Å². The molecule has 0 bridgehead atoms. The van der Waals surface area contributed by atoms with Gasteiger partial charge in [0, 0.05) is 25.7 Å². The SMILES string of the molecule is CCOCC(=O)N(CC)C(C)CN(C)C. The maximum atomic E-state index is 11.7. The summed E-state index contributed by atoms with van der Waals surface area (Å²) in [5.74, 6) is 0.0775. The Bertz CT molecular complexity index is 183. The lowest BCUT2D eigenvalue weighted by atomic mass is 10.2. The van der Waals surface area contributed by atoms with Crippen LogP contribution in [0.4, 0.5) is 0 Å². The Kier molecular flexibility index (Phi) is 7.34. The zero-order valence-electron chi connectivity index (χ0n) is 10.6. The molecule has 90 valence electrons. The number of rotatable bonds is 7. The summed E-state index contributed by atoms with van der Waals surface area (Å²) in [4.78, 5) is 15.7. The fraction of sp³-hybridized carbons (Fsp3) is 0.909. The highest BCUT2D eigenvalue weighted by atomic mass is 16.5. The van der Waals surface area contributed by atoms with Crippen molar-refractivity contribution in [1.29, 1.82) is 0 Å². The van der Waals surface area contributed by atoms with Gasteiger partial charge in [-0.2, -0.15) is 0 Å². The molecular weight excluding hydrogens is 192 g/mol. The lowest BCUT2D eigenvalue weighted by Gasteiger charge is -2.30. The Morgan fingerprint density at radius 3 is 2.33 bits per heavy atom. The zero-order chi connectivity index (χ0) is 11.8. The molecule has 0 saturated heterocycles. The van der Waals surface area contributed by atoms with Crippen LogP contribution in [-0.4, -0.2) is 62.1 Å². The first-order valence-electron chi connectivity index (χ1n) is 5.54. The van der Waals surface area contributed by atoms with E-state index in [0.717, 1.165) is 13.1 Å². The second-order valence-electron chi connectivity index (χ2n) is 3.93. The van der Waals surface area contributed by atoms with Crippen molar-refractivity contribution in [1.82, 2.24) is 9.80 Å². The first kappa shape index (κ1) is 14.4. The van der Waals surface area contributed by atoms with E-state index in [-0.39, 0.29) is 18.6 Å². The number of carbonyl (C=O) groups excluding carboxylic acids is 1. The van der Waals surface area contributed by atoms with Gasteiger partial charge >= 0.3 is 0 Å². The highest BCUT2D eigenvalue weighted by Gasteiger charge is 2.18. The molecule has 1 amide bonds. The van der Waals surface area contributed by atoms with Crippen LogP contribution in [0.3, 0.4) is 0 Å². The predicted octanol–water partition coefficient (Wildman–Crippen LogP) is 0.822. The minimum Gasteiger partial charge on any atom is -0.372 e. The van der Waals surface area contributed by atoms with Gasteiger partial charge in [0.2, 0.25) is 5.91 Å². The topological polar surface area (TPSA) is 32.8 Å². The van der Waals surface area contributed by atoms with E-state index in [1.54, 1.807) is 0 Å². The molecule has 0 rings (SSSR count). The molecular formula is C11H24N2O2. The molecule has 0 fully saturated rings. The number of hydrogen-bond donors (Lipinski definition) is 0. The molecule has 0 spiro atoms. The smallest absolute Gasteiger partial charge is 0.248 e. The van der Waals surface area contributed by atoms with E-state index in [0.29, 0.717) is 6.61 Å². The second-order valence-corrected chi connectivity index (χ2v) is 3.93. The second kappa shape index (κ2) is 7.65. The molecule has 0 aromatic rings. The number of hydrogen-bond acceptors (Lipinski definition) is 3. The van der Waals surface area contributed by atoms with Gasteiger partial charge in [0.05, 0.1) is 0 Å². The summed E-state index contributed by atoms with van der Waals surface area (Å²) in [5.41, 5.74) is 0. The molecule has 4 heteroatoms. The fourth-order valence-corrected chi connectivity index (χ4v) is 1.63. The average molecular weight is 216 g/mol. The molecule has 0 aliphatic rings. The van der Waals surface area contributed by atoms with Crippen LogP contribution in [0.2, 0.25) is 0 Å². The number of likely N-dealkylation sites (N-methyl/N-ethyl adjacent to an activating group) is 2. The van der Waals surface area contributed by atoms with Crippen molar-refractivity contribution in [3.63, 3.8) is 0 Å². The first-order chi connectivity index (χ1) is 7.02. The average Bonchev–Trinajstić information content (AvgIpc) is 2.14. The number of amides is 1. The Morgan fingerprint density at radius 2 is 1.93 bits per heavy atom. The molecule has 4 nitrogen and oxygen atoms in total. The first-order valence-corrected chi connectivity index (χ1v) is 5.54.